The van der Waals surface area contributed by atoms with Gasteiger partial charge in [-0.2, -0.15) is 0 Å². The minimum Gasteiger partial charge on any atom is -0.455 e. The first-order valence-electron chi connectivity index (χ1n) is 30.6. The van der Waals surface area contributed by atoms with Crippen molar-refractivity contribution in [3.63, 3.8) is 0 Å². The highest BCUT2D eigenvalue weighted by molar-refractivity contribution is 7.00. The van der Waals surface area contributed by atoms with E-state index in [4.69, 9.17) is 4.42 Å². The number of aryl methyl sites for hydroxylation is 4. The molecular formula is C80H80BN3O. The van der Waals surface area contributed by atoms with Crippen molar-refractivity contribution >= 4 is 96.2 Å². The lowest BCUT2D eigenvalue weighted by atomic mass is 9.33. The van der Waals surface area contributed by atoms with Gasteiger partial charge in [0.25, 0.3) is 6.71 Å². The zero-order valence-electron chi connectivity index (χ0n) is 52.8. The lowest BCUT2D eigenvalue weighted by Crippen LogP contribution is -2.61. The lowest BCUT2D eigenvalue weighted by molar-refractivity contribution is 0.589. The molecule has 3 heterocycles. The predicted molar refractivity (Wildman–Crippen MR) is 367 cm³/mol. The maximum Gasteiger partial charge on any atom is 0.252 e. The summed E-state index contributed by atoms with van der Waals surface area (Å²) >= 11 is 0. The molecule has 13 rings (SSSR count). The Kier molecular flexibility index (Phi) is 13.1. The zero-order chi connectivity index (χ0) is 59.8. The van der Waals surface area contributed by atoms with Gasteiger partial charge >= 0.3 is 0 Å². The van der Waals surface area contributed by atoms with Crippen LogP contribution in [0.15, 0.2) is 199 Å². The SMILES string of the molecule is Cc1cc(C(C)(C)C)cc(C)c1N(c1ccc(-c2ccccc2)cc1)c1ccc2c(c1)N(c1c(C)cc(-c3cccc4c3oc3ccccc34)cc1C)c1cc(C(C)(C)C)cc3c1B2c1cc(C(C)(C)C)ccc1N3c1ccc(C(C)(C)C)cc1. The van der Waals surface area contributed by atoms with Gasteiger partial charge in [-0.25, -0.2) is 0 Å². The molecule has 0 spiro atoms. The van der Waals surface area contributed by atoms with Crippen molar-refractivity contribution < 1.29 is 4.42 Å². The summed E-state index contributed by atoms with van der Waals surface area (Å²) < 4.78 is 6.73. The van der Waals surface area contributed by atoms with Crippen LogP contribution in [0, 0.1) is 27.7 Å². The number of para-hydroxylation sites is 2. The van der Waals surface area contributed by atoms with Crippen LogP contribution in [0.3, 0.4) is 0 Å². The fraction of sp³-hybridized carbons (Fsp3) is 0.250. The third kappa shape index (κ3) is 9.55. The fourth-order valence-corrected chi connectivity index (χ4v) is 13.7. The average molecular weight is 1110 g/mol. The van der Waals surface area contributed by atoms with E-state index >= 15 is 0 Å². The topological polar surface area (TPSA) is 22.9 Å². The molecule has 4 nitrogen and oxygen atoms in total. The Labute approximate surface area is 505 Å². The summed E-state index contributed by atoms with van der Waals surface area (Å²) in [6.45, 7) is 37.2. The van der Waals surface area contributed by atoms with Crippen LogP contribution in [0.2, 0.25) is 0 Å². The molecule has 0 aliphatic carbocycles. The summed E-state index contributed by atoms with van der Waals surface area (Å²) in [6.07, 6.45) is 0. The van der Waals surface area contributed by atoms with E-state index in [1.807, 2.05) is 0 Å². The second-order valence-electron chi connectivity index (χ2n) is 28.5. The Bertz CT molecular complexity index is 4390. The van der Waals surface area contributed by atoms with Gasteiger partial charge in [-0.3, -0.25) is 0 Å². The molecular weight excluding hydrogens is 1030 g/mol. The van der Waals surface area contributed by atoms with Gasteiger partial charge in [-0.15, -0.1) is 0 Å². The molecule has 0 amide bonds. The molecule has 2 aliphatic heterocycles. The molecule has 10 aromatic carbocycles. The Morgan fingerprint density at radius 1 is 0.376 bits per heavy atom. The molecule has 1 aromatic heterocycles. The first-order chi connectivity index (χ1) is 40.3. The van der Waals surface area contributed by atoms with E-state index in [0.717, 1.165) is 50.1 Å². The molecule has 0 unspecified atom stereocenters. The second-order valence-corrected chi connectivity index (χ2v) is 28.5. The van der Waals surface area contributed by atoms with Gasteiger partial charge in [0.15, 0.2) is 0 Å². The molecule has 0 radical (unpaired) electrons. The third-order valence-electron chi connectivity index (χ3n) is 18.3. The lowest BCUT2D eigenvalue weighted by Gasteiger charge is -2.46. The van der Waals surface area contributed by atoms with Gasteiger partial charge < -0.3 is 19.1 Å². The fourth-order valence-electron chi connectivity index (χ4n) is 13.7. The highest BCUT2D eigenvalue weighted by Gasteiger charge is 2.45. The standard InChI is InChI=1S/C80H80BN3O/c1-49-41-55(63-26-22-27-65-64-25-20-21-28-72(64)85-76(63)65)42-50(2)75(49)84-69-48-62(82(74-51(3)43-58(44-52(74)4)79(11,12)13)60-34-29-54(30-35-60)53-23-18-17-19-24-53)38-39-66(69)81-67-45-57(78(8,9)10)33-40-68(67)83(61-36-31-56(32-37-61)77(5,6)7)70-46-59(80(14,15)16)47-71(84)73(70)81/h17-48H,1-16H3. The molecule has 0 saturated heterocycles. The largest absolute Gasteiger partial charge is 0.455 e. The molecule has 2 aliphatic rings. The molecule has 0 atom stereocenters. The molecule has 0 bridgehead atoms. The van der Waals surface area contributed by atoms with E-state index in [0.29, 0.717) is 0 Å². The number of anilines is 9. The van der Waals surface area contributed by atoms with Gasteiger partial charge in [0.1, 0.15) is 11.2 Å². The number of benzene rings is 10. The number of nitrogens with zero attached hydrogens (tertiary/aromatic N) is 3. The van der Waals surface area contributed by atoms with Crippen molar-refractivity contribution in [3.8, 4) is 22.3 Å². The number of furan rings is 1. The Morgan fingerprint density at radius 2 is 0.929 bits per heavy atom. The van der Waals surface area contributed by atoms with Gasteiger partial charge in [0.2, 0.25) is 0 Å². The highest BCUT2D eigenvalue weighted by atomic mass is 16.3. The van der Waals surface area contributed by atoms with Crippen LogP contribution in [0.1, 0.15) is 128 Å². The molecule has 5 heteroatoms. The first-order valence-corrected chi connectivity index (χ1v) is 30.6. The summed E-state index contributed by atoms with van der Waals surface area (Å²) in [4.78, 5) is 7.78. The molecule has 85 heavy (non-hydrogen) atoms. The zero-order valence-corrected chi connectivity index (χ0v) is 52.8. The normalized spacial score (nSPS) is 13.3. The maximum absolute atomic E-state index is 6.73. The molecule has 0 N–H and O–H groups in total. The van der Waals surface area contributed by atoms with E-state index in [2.05, 4.69) is 320 Å². The minimum absolute atomic E-state index is 0.0116. The van der Waals surface area contributed by atoms with Crippen molar-refractivity contribution in [1.82, 2.24) is 0 Å². The van der Waals surface area contributed by atoms with E-state index in [1.165, 1.54) is 106 Å². The molecule has 424 valence electrons. The number of fused-ring (bicyclic) bond motifs is 7. The van der Waals surface area contributed by atoms with Gasteiger partial charge in [-0.1, -0.05) is 204 Å². The third-order valence-corrected chi connectivity index (χ3v) is 18.3. The number of hydrogen-bond donors (Lipinski definition) is 0. The quantitative estimate of drug-likeness (QED) is 0.148. The Morgan fingerprint density at radius 3 is 1.56 bits per heavy atom. The van der Waals surface area contributed by atoms with Crippen LogP contribution in [-0.4, -0.2) is 6.71 Å². The van der Waals surface area contributed by atoms with E-state index < -0.39 is 0 Å². The van der Waals surface area contributed by atoms with Crippen LogP contribution >= 0.6 is 0 Å². The van der Waals surface area contributed by atoms with Crippen molar-refractivity contribution in [1.29, 1.82) is 0 Å². The molecule has 0 saturated carbocycles. The average Bonchev–Trinajstić information content (AvgIpc) is 1.22. The molecule has 0 fully saturated rings. The van der Waals surface area contributed by atoms with Crippen LogP contribution in [0.4, 0.5) is 51.2 Å². The van der Waals surface area contributed by atoms with Crippen LogP contribution < -0.4 is 31.1 Å². The van der Waals surface area contributed by atoms with Gasteiger partial charge in [0, 0.05) is 56.1 Å². The smallest absolute Gasteiger partial charge is 0.252 e. The van der Waals surface area contributed by atoms with Gasteiger partial charge in [-0.05, 0) is 200 Å². The van der Waals surface area contributed by atoms with Crippen molar-refractivity contribution in [2.45, 2.75) is 132 Å². The molecule has 11 aromatic rings. The number of hydrogen-bond acceptors (Lipinski definition) is 4. The predicted octanol–water partition coefficient (Wildman–Crippen LogP) is 20.9. The van der Waals surface area contributed by atoms with E-state index in [-0.39, 0.29) is 28.4 Å². The van der Waals surface area contributed by atoms with Crippen molar-refractivity contribution in [2.75, 3.05) is 14.7 Å². The highest BCUT2D eigenvalue weighted by Crippen LogP contribution is 2.51. The number of rotatable bonds is 7. The van der Waals surface area contributed by atoms with E-state index in [1.54, 1.807) is 0 Å². The Balaban J connectivity index is 1.11. The van der Waals surface area contributed by atoms with Crippen molar-refractivity contribution in [2.24, 2.45) is 0 Å². The second kappa shape index (κ2) is 20.1. The van der Waals surface area contributed by atoms with Crippen LogP contribution in [-0.2, 0) is 21.7 Å². The summed E-state index contributed by atoms with van der Waals surface area (Å²) in [7, 11) is 0. The summed E-state index contributed by atoms with van der Waals surface area (Å²) in [5.41, 5.74) is 30.8. The summed E-state index contributed by atoms with van der Waals surface area (Å²) in [5.74, 6) is 0. The Hall–Kier alpha value is -8.54. The van der Waals surface area contributed by atoms with Crippen LogP contribution in [0.25, 0.3) is 44.2 Å². The van der Waals surface area contributed by atoms with Crippen molar-refractivity contribution in [3.05, 3.63) is 239 Å². The first kappa shape index (κ1) is 55.6. The minimum atomic E-state index is -0.191. The van der Waals surface area contributed by atoms with E-state index in [9.17, 15) is 0 Å². The van der Waals surface area contributed by atoms with Crippen LogP contribution in [0.5, 0.6) is 0 Å². The summed E-state index contributed by atoms with van der Waals surface area (Å²) in [5, 5.41) is 2.27. The van der Waals surface area contributed by atoms with Gasteiger partial charge in [0.05, 0.1) is 11.4 Å². The summed E-state index contributed by atoms with van der Waals surface area (Å²) in [6, 6.07) is 73.8. The maximum atomic E-state index is 6.73. The monoisotopic (exact) mass is 1110 g/mol.